The smallest absolute Gasteiger partial charge is 0.139 e. The lowest BCUT2D eigenvalue weighted by Crippen LogP contribution is -1.87. The fraction of sp³-hybridized carbons (Fsp3) is 0.333. The molecule has 104 valence electrons. The van der Waals surface area contributed by atoms with Gasteiger partial charge in [0.2, 0.25) is 0 Å². The minimum absolute atomic E-state index is 0.894. The number of rotatable bonds is 4. The number of fused-ring (bicyclic) bond motifs is 1. The Morgan fingerprint density at radius 3 is 2.80 bits per heavy atom. The van der Waals surface area contributed by atoms with Gasteiger partial charge in [-0.15, -0.1) is 0 Å². The Morgan fingerprint density at radius 2 is 2.10 bits per heavy atom. The van der Waals surface area contributed by atoms with Crippen molar-refractivity contribution in [2.24, 2.45) is 0 Å². The second-order valence-electron chi connectivity index (χ2n) is 4.95. The van der Waals surface area contributed by atoms with Crippen LogP contribution in [0.25, 0.3) is 5.65 Å². The fourth-order valence-electron chi connectivity index (χ4n) is 2.24. The molecule has 0 saturated carbocycles. The van der Waals surface area contributed by atoms with Crippen LogP contribution in [0.5, 0.6) is 0 Å². The number of hydrogen-bond donors (Lipinski definition) is 0. The van der Waals surface area contributed by atoms with Gasteiger partial charge in [0, 0.05) is 29.5 Å². The SMILES string of the molecule is Cc1noc(C)c1CSCc1cn2cccc(C)c2n1. The second kappa shape index (κ2) is 5.32. The van der Waals surface area contributed by atoms with Crippen molar-refractivity contribution in [3.8, 4) is 0 Å². The average molecular weight is 287 g/mol. The first kappa shape index (κ1) is 13.2. The molecule has 0 spiro atoms. The van der Waals surface area contributed by atoms with E-state index in [0.717, 1.165) is 34.3 Å². The zero-order chi connectivity index (χ0) is 14.1. The minimum atomic E-state index is 0.894. The highest BCUT2D eigenvalue weighted by Gasteiger charge is 2.09. The summed E-state index contributed by atoms with van der Waals surface area (Å²) in [4.78, 5) is 4.68. The quantitative estimate of drug-likeness (QED) is 0.734. The molecule has 3 rings (SSSR count). The van der Waals surface area contributed by atoms with Crippen molar-refractivity contribution in [2.75, 3.05) is 0 Å². The van der Waals surface area contributed by atoms with Crippen LogP contribution in [0, 0.1) is 20.8 Å². The number of aromatic nitrogens is 3. The Bertz CT molecular complexity index is 725. The molecule has 5 heteroatoms. The molecule has 0 atom stereocenters. The molecule has 0 N–H and O–H groups in total. The third-order valence-electron chi connectivity index (χ3n) is 3.41. The van der Waals surface area contributed by atoms with Crippen LogP contribution >= 0.6 is 11.8 Å². The molecule has 0 radical (unpaired) electrons. The predicted molar refractivity (Wildman–Crippen MR) is 80.9 cm³/mol. The molecule has 3 heterocycles. The molecular weight excluding hydrogens is 270 g/mol. The second-order valence-corrected chi connectivity index (χ2v) is 5.94. The summed E-state index contributed by atoms with van der Waals surface area (Å²) in [7, 11) is 0. The van der Waals surface area contributed by atoms with Crippen molar-refractivity contribution < 1.29 is 4.52 Å². The van der Waals surface area contributed by atoms with Gasteiger partial charge >= 0.3 is 0 Å². The summed E-state index contributed by atoms with van der Waals surface area (Å²) in [5.74, 6) is 2.72. The minimum Gasteiger partial charge on any atom is -0.361 e. The van der Waals surface area contributed by atoms with E-state index < -0.39 is 0 Å². The third-order valence-corrected chi connectivity index (χ3v) is 4.40. The first-order valence-electron chi connectivity index (χ1n) is 6.58. The van der Waals surface area contributed by atoms with Crippen LogP contribution in [-0.2, 0) is 11.5 Å². The van der Waals surface area contributed by atoms with Gasteiger partial charge in [-0.1, -0.05) is 11.2 Å². The van der Waals surface area contributed by atoms with Gasteiger partial charge in [0.1, 0.15) is 11.4 Å². The lowest BCUT2D eigenvalue weighted by molar-refractivity contribution is 0.392. The van der Waals surface area contributed by atoms with Gasteiger partial charge < -0.3 is 8.92 Å². The molecule has 20 heavy (non-hydrogen) atoms. The van der Waals surface area contributed by atoms with Gasteiger partial charge in [-0.2, -0.15) is 11.8 Å². The largest absolute Gasteiger partial charge is 0.361 e. The molecule has 4 nitrogen and oxygen atoms in total. The van der Waals surface area contributed by atoms with Crippen LogP contribution in [0.4, 0.5) is 0 Å². The molecular formula is C15H17N3OS. The summed E-state index contributed by atoms with van der Waals surface area (Å²) in [6.07, 6.45) is 4.14. The summed E-state index contributed by atoms with van der Waals surface area (Å²) < 4.78 is 7.26. The van der Waals surface area contributed by atoms with Crippen molar-refractivity contribution in [1.29, 1.82) is 0 Å². The van der Waals surface area contributed by atoms with Gasteiger partial charge in [0.25, 0.3) is 0 Å². The van der Waals surface area contributed by atoms with E-state index in [9.17, 15) is 0 Å². The summed E-state index contributed by atoms with van der Waals surface area (Å²) in [5, 5.41) is 3.98. The van der Waals surface area contributed by atoms with E-state index in [1.807, 2.05) is 37.9 Å². The van der Waals surface area contributed by atoms with Gasteiger partial charge in [-0.3, -0.25) is 0 Å². The molecule has 0 fully saturated rings. The molecule has 0 aliphatic carbocycles. The van der Waals surface area contributed by atoms with Crippen LogP contribution in [0.3, 0.4) is 0 Å². The number of aryl methyl sites for hydroxylation is 3. The topological polar surface area (TPSA) is 43.3 Å². The highest BCUT2D eigenvalue weighted by Crippen LogP contribution is 2.22. The molecule has 0 unspecified atom stereocenters. The van der Waals surface area contributed by atoms with Gasteiger partial charge in [0.05, 0.1) is 11.4 Å². The first-order valence-corrected chi connectivity index (χ1v) is 7.73. The number of pyridine rings is 1. The third kappa shape index (κ3) is 2.45. The van der Waals surface area contributed by atoms with Crippen LogP contribution in [-0.4, -0.2) is 14.5 Å². The fourth-order valence-corrected chi connectivity index (χ4v) is 3.31. The normalized spacial score (nSPS) is 11.3. The van der Waals surface area contributed by atoms with E-state index in [-0.39, 0.29) is 0 Å². The molecule has 0 aliphatic heterocycles. The maximum Gasteiger partial charge on any atom is 0.139 e. The van der Waals surface area contributed by atoms with E-state index in [1.54, 1.807) is 0 Å². The number of nitrogens with zero attached hydrogens (tertiary/aromatic N) is 3. The van der Waals surface area contributed by atoms with E-state index in [1.165, 1.54) is 11.1 Å². The Hall–Kier alpha value is -1.75. The van der Waals surface area contributed by atoms with E-state index in [2.05, 4.69) is 33.7 Å². The average Bonchev–Trinajstić information content (AvgIpc) is 2.97. The zero-order valence-electron chi connectivity index (χ0n) is 11.9. The van der Waals surface area contributed by atoms with Crippen molar-refractivity contribution >= 4 is 17.4 Å². The molecule has 0 bridgehead atoms. The molecule has 3 aromatic heterocycles. The highest BCUT2D eigenvalue weighted by molar-refractivity contribution is 7.97. The number of hydrogen-bond acceptors (Lipinski definition) is 4. The van der Waals surface area contributed by atoms with Crippen LogP contribution < -0.4 is 0 Å². The number of thioether (sulfide) groups is 1. The first-order chi connectivity index (χ1) is 9.65. The van der Waals surface area contributed by atoms with Crippen molar-refractivity contribution in [3.63, 3.8) is 0 Å². The molecule has 3 aromatic rings. The van der Waals surface area contributed by atoms with Crippen LogP contribution in [0.1, 0.15) is 28.3 Å². The van der Waals surface area contributed by atoms with Crippen LogP contribution in [0.2, 0.25) is 0 Å². The molecule has 0 amide bonds. The Morgan fingerprint density at radius 1 is 1.25 bits per heavy atom. The standard InChI is InChI=1S/C15H17N3OS/c1-10-5-4-6-18-7-13(16-15(10)18)8-20-9-14-11(2)17-19-12(14)3/h4-7H,8-9H2,1-3H3. The Balaban J connectivity index is 1.70. The van der Waals surface area contributed by atoms with Gasteiger partial charge in [-0.05, 0) is 32.4 Å². The van der Waals surface area contributed by atoms with Crippen LogP contribution in [0.15, 0.2) is 29.0 Å². The predicted octanol–water partition coefficient (Wildman–Crippen LogP) is 3.68. The summed E-state index contributed by atoms with van der Waals surface area (Å²) in [6, 6.07) is 4.13. The van der Waals surface area contributed by atoms with Crippen molar-refractivity contribution in [3.05, 3.63) is 52.8 Å². The van der Waals surface area contributed by atoms with E-state index in [4.69, 9.17) is 4.52 Å². The Labute approximate surface area is 122 Å². The van der Waals surface area contributed by atoms with Gasteiger partial charge in [-0.25, -0.2) is 4.98 Å². The number of imidazole rings is 1. The summed E-state index contributed by atoms with van der Waals surface area (Å²) >= 11 is 1.84. The zero-order valence-corrected chi connectivity index (χ0v) is 12.7. The molecule has 0 saturated heterocycles. The molecule has 0 aliphatic rings. The molecule has 0 aromatic carbocycles. The van der Waals surface area contributed by atoms with Gasteiger partial charge in [0.15, 0.2) is 0 Å². The van der Waals surface area contributed by atoms with E-state index >= 15 is 0 Å². The van der Waals surface area contributed by atoms with E-state index in [0.29, 0.717) is 0 Å². The maximum atomic E-state index is 5.18. The monoisotopic (exact) mass is 287 g/mol. The lowest BCUT2D eigenvalue weighted by Gasteiger charge is -1.98. The van der Waals surface area contributed by atoms with Crippen molar-refractivity contribution in [2.45, 2.75) is 32.3 Å². The van der Waals surface area contributed by atoms with Crippen molar-refractivity contribution in [1.82, 2.24) is 14.5 Å². The summed E-state index contributed by atoms with van der Waals surface area (Å²) in [6.45, 7) is 6.04. The Kier molecular flexibility index (Phi) is 3.53. The maximum absolute atomic E-state index is 5.18. The summed E-state index contributed by atoms with van der Waals surface area (Å²) in [5.41, 5.74) is 5.54. The lowest BCUT2D eigenvalue weighted by atomic mass is 10.2. The highest BCUT2D eigenvalue weighted by atomic mass is 32.2.